The smallest absolute Gasteiger partial charge is 0.117 e. The highest BCUT2D eigenvalue weighted by atomic mass is 16.5. The second-order valence-corrected chi connectivity index (χ2v) is 7.66. The van der Waals surface area contributed by atoms with Crippen molar-refractivity contribution < 1.29 is 9.15 Å². The van der Waals surface area contributed by atoms with E-state index >= 15 is 0 Å². The SMILES string of the molecule is CCN(Cc1ccco1)CC1(CN(C)C)CCOC(C)(C)C1. The molecule has 0 aromatic carbocycles. The molecule has 126 valence electrons. The van der Waals surface area contributed by atoms with Crippen molar-refractivity contribution in [3.63, 3.8) is 0 Å². The summed E-state index contributed by atoms with van der Waals surface area (Å²) < 4.78 is 11.5. The summed E-state index contributed by atoms with van der Waals surface area (Å²) in [4.78, 5) is 4.83. The Bertz CT molecular complexity index is 442. The van der Waals surface area contributed by atoms with Crippen molar-refractivity contribution in [3.05, 3.63) is 24.2 Å². The van der Waals surface area contributed by atoms with Gasteiger partial charge in [0.15, 0.2) is 0 Å². The molecule has 0 saturated carbocycles. The lowest BCUT2D eigenvalue weighted by Crippen LogP contribution is -2.51. The first-order chi connectivity index (χ1) is 10.3. The van der Waals surface area contributed by atoms with Crippen molar-refractivity contribution in [2.75, 3.05) is 40.3 Å². The molecule has 1 fully saturated rings. The number of nitrogens with zero attached hydrogens (tertiary/aromatic N) is 2. The Hall–Kier alpha value is -0.840. The zero-order valence-corrected chi connectivity index (χ0v) is 14.9. The fourth-order valence-corrected chi connectivity index (χ4v) is 3.95. The molecule has 0 radical (unpaired) electrons. The summed E-state index contributed by atoms with van der Waals surface area (Å²) in [5.41, 5.74) is 0.256. The van der Waals surface area contributed by atoms with E-state index in [1.54, 1.807) is 6.26 Å². The Morgan fingerprint density at radius 1 is 1.23 bits per heavy atom. The first-order valence-electron chi connectivity index (χ1n) is 8.38. The van der Waals surface area contributed by atoms with Gasteiger partial charge in [-0.15, -0.1) is 0 Å². The van der Waals surface area contributed by atoms with Gasteiger partial charge in [0.2, 0.25) is 0 Å². The first-order valence-corrected chi connectivity index (χ1v) is 8.38. The van der Waals surface area contributed by atoms with Crippen LogP contribution in [0.3, 0.4) is 0 Å². The zero-order chi connectivity index (χ0) is 16.2. The Balaban J connectivity index is 2.10. The molecule has 4 heteroatoms. The van der Waals surface area contributed by atoms with Gasteiger partial charge in [0, 0.05) is 25.1 Å². The molecule has 2 heterocycles. The quantitative estimate of drug-likeness (QED) is 0.773. The fraction of sp³-hybridized carbons (Fsp3) is 0.778. The second-order valence-electron chi connectivity index (χ2n) is 7.66. The second kappa shape index (κ2) is 7.16. The molecule has 1 aliphatic heterocycles. The van der Waals surface area contributed by atoms with Crippen LogP contribution in [-0.4, -0.2) is 55.7 Å². The predicted molar refractivity (Wildman–Crippen MR) is 89.9 cm³/mol. The Labute approximate surface area is 135 Å². The van der Waals surface area contributed by atoms with Crippen LogP contribution in [0.5, 0.6) is 0 Å². The molecule has 0 amide bonds. The molecule has 0 bridgehead atoms. The molecule has 4 nitrogen and oxygen atoms in total. The van der Waals surface area contributed by atoms with Crippen molar-refractivity contribution >= 4 is 0 Å². The van der Waals surface area contributed by atoms with E-state index in [4.69, 9.17) is 9.15 Å². The summed E-state index contributed by atoms with van der Waals surface area (Å²) in [6.07, 6.45) is 3.99. The van der Waals surface area contributed by atoms with Gasteiger partial charge in [-0.1, -0.05) is 6.92 Å². The van der Waals surface area contributed by atoms with Crippen LogP contribution >= 0.6 is 0 Å². The van der Waals surface area contributed by atoms with Crippen molar-refractivity contribution in [1.29, 1.82) is 0 Å². The van der Waals surface area contributed by atoms with E-state index in [0.29, 0.717) is 0 Å². The normalized spacial score (nSPS) is 25.0. The molecular weight excluding hydrogens is 276 g/mol. The molecule has 0 aliphatic carbocycles. The molecule has 1 aromatic heterocycles. The summed E-state index contributed by atoms with van der Waals surface area (Å²) in [7, 11) is 4.35. The fourth-order valence-electron chi connectivity index (χ4n) is 3.95. The van der Waals surface area contributed by atoms with Crippen molar-refractivity contribution in [1.82, 2.24) is 9.80 Å². The van der Waals surface area contributed by atoms with E-state index in [2.05, 4.69) is 50.7 Å². The largest absolute Gasteiger partial charge is 0.468 e. The molecule has 1 aliphatic rings. The predicted octanol–water partition coefficient (Wildman–Crippen LogP) is 3.24. The topological polar surface area (TPSA) is 28.9 Å². The van der Waals surface area contributed by atoms with Crippen molar-refractivity contribution in [2.24, 2.45) is 5.41 Å². The molecule has 0 spiro atoms. The Kier molecular flexibility index (Phi) is 5.70. The minimum Gasteiger partial charge on any atom is -0.468 e. The monoisotopic (exact) mass is 308 g/mol. The number of rotatable bonds is 7. The lowest BCUT2D eigenvalue weighted by atomic mass is 9.73. The molecular formula is C18H32N2O2. The molecule has 2 rings (SSSR count). The number of furan rings is 1. The van der Waals surface area contributed by atoms with Crippen LogP contribution in [0.1, 0.15) is 39.4 Å². The maximum absolute atomic E-state index is 5.97. The lowest BCUT2D eigenvalue weighted by molar-refractivity contribution is -0.117. The lowest BCUT2D eigenvalue weighted by Gasteiger charge is -2.48. The molecule has 22 heavy (non-hydrogen) atoms. The summed E-state index contributed by atoms with van der Waals surface area (Å²) in [5, 5.41) is 0. The third-order valence-corrected chi connectivity index (χ3v) is 4.54. The summed E-state index contributed by atoms with van der Waals surface area (Å²) in [6.45, 7) is 11.7. The first kappa shape index (κ1) is 17.5. The van der Waals surface area contributed by atoms with E-state index in [9.17, 15) is 0 Å². The Morgan fingerprint density at radius 3 is 2.55 bits per heavy atom. The van der Waals surface area contributed by atoms with Gasteiger partial charge in [-0.2, -0.15) is 0 Å². The van der Waals surface area contributed by atoms with E-state index < -0.39 is 0 Å². The molecule has 1 saturated heterocycles. The van der Waals surface area contributed by atoms with Crippen LogP contribution in [0.2, 0.25) is 0 Å². The Morgan fingerprint density at radius 2 is 2.00 bits per heavy atom. The van der Waals surface area contributed by atoms with Gasteiger partial charge in [-0.3, -0.25) is 4.90 Å². The highest BCUT2D eigenvalue weighted by molar-refractivity contribution is 4.99. The average molecular weight is 308 g/mol. The van der Waals surface area contributed by atoms with Gasteiger partial charge in [-0.25, -0.2) is 0 Å². The standard InChI is InChI=1S/C18H32N2O2/c1-6-20(12-16-8-7-10-21-16)15-18(14-19(4)5)9-11-22-17(2,3)13-18/h7-8,10H,6,9,11-15H2,1-5H3. The molecule has 1 atom stereocenters. The number of hydrogen-bond acceptors (Lipinski definition) is 4. The minimum absolute atomic E-state index is 0.0294. The molecule has 1 unspecified atom stereocenters. The highest BCUT2D eigenvalue weighted by Gasteiger charge is 2.42. The summed E-state index contributed by atoms with van der Waals surface area (Å²) in [5.74, 6) is 1.05. The third-order valence-electron chi connectivity index (χ3n) is 4.54. The van der Waals surface area contributed by atoms with E-state index in [-0.39, 0.29) is 11.0 Å². The minimum atomic E-state index is -0.0294. The van der Waals surface area contributed by atoms with Crippen LogP contribution < -0.4 is 0 Å². The van der Waals surface area contributed by atoms with Crippen LogP contribution in [-0.2, 0) is 11.3 Å². The zero-order valence-electron chi connectivity index (χ0n) is 14.9. The average Bonchev–Trinajstić information content (AvgIpc) is 2.88. The van der Waals surface area contributed by atoms with Crippen molar-refractivity contribution in [3.8, 4) is 0 Å². The van der Waals surface area contributed by atoms with Gasteiger partial charge in [-0.05, 0) is 59.5 Å². The number of hydrogen-bond donors (Lipinski definition) is 0. The van der Waals surface area contributed by atoms with Crippen LogP contribution in [0.25, 0.3) is 0 Å². The third kappa shape index (κ3) is 4.83. The number of ether oxygens (including phenoxy) is 1. The van der Waals surface area contributed by atoms with E-state index in [0.717, 1.165) is 51.4 Å². The maximum atomic E-state index is 5.97. The van der Waals surface area contributed by atoms with Gasteiger partial charge in [0.05, 0.1) is 18.4 Å². The summed E-state index contributed by atoms with van der Waals surface area (Å²) in [6, 6.07) is 4.03. The van der Waals surface area contributed by atoms with E-state index in [1.807, 2.05) is 6.07 Å². The van der Waals surface area contributed by atoms with E-state index in [1.165, 1.54) is 0 Å². The molecule has 0 N–H and O–H groups in total. The van der Waals surface area contributed by atoms with Crippen LogP contribution in [0.15, 0.2) is 22.8 Å². The van der Waals surface area contributed by atoms with Crippen LogP contribution in [0.4, 0.5) is 0 Å². The van der Waals surface area contributed by atoms with Gasteiger partial charge in [0.1, 0.15) is 5.76 Å². The molecule has 1 aromatic rings. The van der Waals surface area contributed by atoms with Crippen LogP contribution in [0, 0.1) is 5.41 Å². The summed E-state index contributed by atoms with van der Waals surface area (Å²) >= 11 is 0. The maximum Gasteiger partial charge on any atom is 0.117 e. The highest BCUT2D eigenvalue weighted by Crippen LogP contribution is 2.40. The van der Waals surface area contributed by atoms with Gasteiger partial charge in [0.25, 0.3) is 0 Å². The van der Waals surface area contributed by atoms with Gasteiger partial charge < -0.3 is 14.1 Å². The van der Waals surface area contributed by atoms with Gasteiger partial charge >= 0.3 is 0 Å². The van der Waals surface area contributed by atoms with Crippen molar-refractivity contribution in [2.45, 2.75) is 45.8 Å².